The van der Waals surface area contributed by atoms with Gasteiger partial charge in [0, 0.05) is 34.3 Å². The third kappa shape index (κ3) is 5.06. The number of carbonyl (C=O) groups is 4. The molecular weight excluding hydrogens is 554 g/mol. The lowest BCUT2D eigenvalue weighted by atomic mass is 10.0. The largest absolute Gasteiger partial charge is 0.477 e. The number of nitrogens with one attached hydrogen (secondary N) is 1. The van der Waals surface area contributed by atoms with Crippen LogP contribution in [0.2, 0.25) is 0 Å². The number of aromatic nitrogens is 2. The van der Waals surface area contributed by atoms with Crippen LogP contribution in [0.4, 0.5) is 5.13 Å². The molecule has 0 aromatic carbocycles. The fourth-order valence-corrected chi connectivity index (χ4v) is 6.44. The number of carboxylic acid groups (broad SMARTS) is 1. The number of nitrogens with two attached hydrogens (primary N) is 2. The number of thiazole rings is 1. The van der Waals surface area contributed by atoms with Crippen LogP contribution in [0, 0.1) is 0 Å². The van der Waals surface area contributed by atoms with Crippen molar-refractivity contribution >= 4 is 69.4 Å². The van der Waals surface area contributed by atoms with E-state index in [1.165, 1.54) is 22.9 Å². The van der Waals surface area contributed by atoms with Gasteiger partial charge < -0.3 is 26.7 Å². The maximum Gasteiger partial charge on any atom is 0.352 e. The molecule has 0 spiro atoms. The van der Waals surface area contributed by atoms with E-state index in [-0.39, 0.29) is 40.4 Å². The number of β-lactam (4-membered cyclic amide) rings is 1. The zero-order valence-corrected chi connectivity index (χ0v) is 22.1. The first kappa shape index (κ1) is 26.0. The van der Waals surface area contributed by atoms with Crippen LogP contribution in [0.25, 0.3) is 0 Å². The molecule has 2 aromatic heterocycles. The van der Waals surface area contributed by atoms with Crippen molar-refractivity contribution in [2.45, 2.75) is 24.1 Å². The predicted molar refractivity (Wildman–Crippen MR) is 140 cm³/mol. The SMILES string of the molecule is NC(=O)c1ccc[n+](CC2=C(C(=O)O)N3C(=O)C(NC(=O)C(=NOC4CSC4)c4csc(N)n4)[C@@H]3SC2)c1. The summed E-state index contributed by atoms with van der Waals surface area (Å²) in [6.07, 6.45) is 3.08. The Morgan fingerprint density at radius 3 is 2.76 bits per heavy atom. The highest BCUT2D eigenvalue weighted by Crippen LogP contribution is 2.40. The number of amides is 3. The van der Waals surface area contributed by atoms with E-state index in [2.05, 4.69) is 15.5 Å². The molecule has 0 radical (unpaired) electrons. The minimum absolute atomic E-state index is 0.109. The second-order valence-electron chi connectivity index (χ2n) is 8.52. The third-order valence-electron chi connectivity index (χ3n) is 5.93. The first-order valence-electron chi connectivity index (χ1n) is 11.3. The fraction of sp³-hybridized carbons (Fsp3) is 0.318. The summed E-state index contributed by atoms with van der Waals surface area (Å²) in [4.78, 5) is 60.7. The van der Waals surface area contributed by atoms with Gasteiger partial charge in [-0.05, 0) is 6.07 Å². The van der Waals surface area contributed by atoms with Gasteiger partial charge in [-0.2, -0.15) is 11.8 Å². The summed E-state index contributed by atoms with van der Waals surface area (Å²) in [5, 5.41) is 17.8. The topological polar surface area (TPSA) is 194 Å². The number of carboxylic acids is 1. The molecule has 2 fully saturated rings. The van der Waals surface area contributed by atoms with E-state index in [1.54, 1.807) is 40.0 Å². The van der Waals surface area contributed by atoms with Crippen LogP contribution in [-0.2, 0) is 25.8 Å². The lowest BCUT2D eigenvalue weighted by Crippen LogP contribution is -2.71. The Morgan fingerprint density at radius 1 is 1.34 bits per heavy atom. The van der Waals surface area contributed by atoms with Crippen molar-refractivity contribution in [3.05, 3.63) is 52.4 Å². The normalized spacial score (nSPS) is 21.3. The van der Waals surface area contributed by atoms with Gasteiger partial charge in [0.05, 0.1) is 0 Å². The molecule has 5 heterocycles. The highest BCUT2D eigenvalue weighted by atomic mass is 32.2. The first-order chi connectivity index (χ1) is 18.2. The van der Waals surface area contributed by atoms with Crippen LogP contribution in [-0.4, -0.2) is 79.2 Å². The number of nitrogens with zero attached hydrogens (tertiary/aromatic N) is 4. The van der Waals surface area contributed by atoms with Crippen molar-refractivity contribution in [3.8, 4) is 0 Å². The number of anilines is 1. The molecule has 1 unspecified atom stereocenters. The zero-order valence-electron chi connectivity index (χ0n) is 19.6. The molecule has 3 amide bonds. The number of nitrogen functional groups attached to an aromatic ring is 1. The number of thioether (sulfide) groups is 2. The molecule has 2 aromatic rings. The maximum absolute atomic E-state index is 13.2. The van der Waals surface area contributed by atoms with E-state index in [0.717, 1.165) is 22.8 Å². The number of hydrogen-bond donors (Lipinski definition) is 4. The summed E-state index contributed by atoms with van der Waals surface area (Å²) in [5.41, 5.74) is 11.8. The Labute approximate surface area is 228 Å². The molecule has 13 nitrogen and oxygen atoms in total. The molecule has 2 atom stereocenters. The maximum atomic E-state index is 13.2. The lowest BCUT2D eigenvalue weighted by Gasteiger charge is -2.49. The van der Waals surface area contributed by atoms with E-state index in [1.807, 2.05) is 0 Å². The molecule has 5 rings (SSSR count). The summed E-state index contributed by atoms with van der Waals surface area (Å²) in [7, 11) is 0. The van der Waals surface area contributed by atoms with Crippen LogP contribution >= 0.6 is 34.9 Å². The van der Waals surface area contributed by atoms with E-state index < -0.39 is 35.1 Å². The van der Waals surface area contributed by atoms with Gasteiger partial charge in [-0.15, -0.1) is 23.1 Å². The molecule has 198 valence electrons. The molecule has 6 N–H and O–H groups in total. The van der Waals surface area contributed by atoms with Gasteiger partial charge in [0.1, 0.15) is 34.5 Å². The number of rotatable bonds is 9. The summed E-state index contributed by atoms with van der Waals surface area (Å²) < 4.78 is 1.63. The van der Waals surface area contributed by atoms with Crippen LogP contribution < -0.4 is 21.4 Å². The Kier molecular flexibility index (Phi) is 7.27. The van der Waals surface area contributed by atoms with Gasteiger partial charge in [0.15, 0.2) is 29.8 Å². The van der Waals surface area contributed by atoms with Crippen molar-refractivity contribution in [3.63, 3.8) is 0 Å². The van der Waals surface area contributed by atoms with E-state index in [0.29, 0.717) is 11.3 Å². The monoisotopic (exact) mass is 576 g/mol. The van der Waals surface area contributed by atoms with Crippen molar-refractivity contribution < 1.29 is 33.7 Å². The number of aliphatic carboxylic acids is 1. The molecule has 0 bridgehead atoms. The summed E-state index contributed by atoms with van der Waals surface area (Å²) in [6.45, 7) is 0.141. The molecule has 0 saturated carbocycles. The first-order valence-corrected chi connectivity index (χ1v) is 14.3. The van der Waals surface area contributed by atoms with Gasteiger partial charge in [0.2, 0.25) is 0 Å². The summed E-state index contributed by atoms with van der Waals surface area (Å²) in [6, 6.07) is 2.22. The van der Waals surface area contributed by atoms with Crippen molar-refractivity contribution in [1.29, 1.82) is 0 Å². The quantitative estimate of drug-likeness (QED) is 0.129. The minimum Gasteiger partial charge on any atom is -0.477 e. The minimum atomic E-state index is -1.26. The molecule has 3 aliphatic rings. The fourth-order valence-electron chi connectivity index (χ4n) is 4.00. The number of hydrogen-bond acceptors (Lipinski definition) is 11. The summed E-state index contributed by atoms with van der Waals surface area (Å²) >= 11 is 4.15. The highest BCUT2D eigenvalue weighted by Gasteiger charge is 2.54. The molecule has 3 aliphatic heterocycles. The number of carbonyl (C=O) groups excluding carboxylic acids is 3. The Morgan fingerprint density at radius 2 is 2.13 bits per heavy atom. The Bertz CT molecular complexity index is 1390. The molecule has 16 heteroatoms. The number of primary amides is 1. The van der Waals surface area contributed by atoms with Crippen LogP contribution in [0.15, 0.2) is 46.3 Å². The highest BCUT2D eigenvalue weighted by molar-refractivity contribution is 8.00. The third-order valence-corrected chi connectivity index (χ3v) is 9.16. The average molecular weight is 577 g/mol. The van der Waals surface area contributed by atoms with Crippen molar-refractivity contribution in [2.24, 2.45) is 10.9 Å². The van der Waals surface area contributed by atoms with Crippen LogP contribution in [0.5, 0.6) is 0 Å². The van der Waals surface area contributed by atoms with Crippen molar-refractivity contribution in [1.82, 2.24) is 15.2 Å². The standard InChI is InChI=1S/C22H21N7O6S3/c23-17(30)10-2-1-3-28(4-10)5-11-6-37-20-15(19(32)29(20)16(11)21(33)34)26-18(31)14(13-9-38-22(24)25-13)27-35-12-7-36-8-12/h1-4,9,12,15,20H,5-8H2,(H5-,23,24,25,26,30,31,33,34)/p+1/t15?,20-/m0/s1. The molecular formula is C22H22N7O6S3+. The van der Waals surface area contributed by atoms with Gasteiger partial charge in [-0.3, -0.25) is 19.3 Å². The van der Waals surface area contributed by atoms with Gasteiger partial charge in [0.25, 0.3) is 17.7 Å². The number of oxime groups is 1. The van der Waals surface area contributed by atoms with Gasteiger partial charge >= 0.3 is 5.97 Å². The van der Waals surface area contributed by atoms with Gasteiger partial charge in [-0.25, -0.2) is 14.3 Å². The number of pyridine rings is 1. The number of fused-ring (bicyclic) bond motifs is 1. The zero-order chi connectivity index (χ0) is 27.0. The molecule has 2 saturated heterocycles. The van der Waals surface area contributed by atoms with E-state index in [4.69, 9.17) is 16.3 Å². The molecule has 38 heavy (non-hydrogen) atoms. The predicted octanol–water partition coefficient (Wildman–Crippen LogP) is -0.613. The van der Waals surface area contributed by atoms with E-state index >= 15 is 0 Å². The van der Waals surface area contributed by atoms with Crippen molar-refractivity contribution in [2.75, 3.05) is 23.0 Å². The second kappa shape index (κ2) is 10.6. The Hall–Kier alpha value is -3.63. The average Bonchev–Trinajstić information content (AvgIpc) is 3.29. The Balaban J connectivity index is 1.34. The van der Waals surface area contributed by atoms with Gasteiger partial charge in [-0.1, -0.05) is 5.16 Å². The molecule has 0 aliphatic carbocycles. The smallest absolute Gasteiger partial charge is 0.352 e. The van der Waals surface area contributed by atoms with Crippen LogP contribution in [0.1, 0.15) is 16.1 Å². The second-order valence-corrected chi connectivity index (χ2v) is 11.6. The summed E-state index contributed by atoms with van der Waals surface area (Å²) in [5.74, 6) is -1.30. The van der Waals surface area contributed by atoms with Crippen LogP contribution in [0.3, 0.4) is 0 Å². The lowest BCUT2D eigenvalue weighted by molar-refractivity contribution is -0.689. The van der Waals surface area contributed by atoms with E-state index in [9.17, 15) is 24.3 Å².